The van der Waals surface area contributed by atoms with Crippen LogP contribution in [0.2, 0.25) is 5.02 Å². The Kier molecular flexibility index (Phi) is 4.84. The first-order chi connectivity index (χ1) is 12.5. The van der Waals surface area contributed by atoms with Gasteiger partial charge in [-0.2, -0.15) is 0 Å². The maximum Gasteiger partial charge on any atom is 0.224 e. The van der Waals surface area contributed by atoms with E-state index in [4.69, 9.17) is 16.3 Å². The number of rotatable bonds is 3. The van der Waals surface area contributed by atoms with Gasteiger partial charge in [-0.05, 0) is 62.2 Å². The van der Waals surface area contributed by atoms with E-state index in [9.17, 15) is 5.11 Å². The first-order valence-electron chi connectivity index (χ1n) is 7.67. The van der Waals surface area contributed by atoms with Crippen LogP contribution in [-0.4, -0.2) is 15.1 Å². The van der Waals surface area contributed by atoms with Crippen molar-refractivity contribution in [2.45, 2.75) is 6.29 Å². The van der Waals surface area contributed by atoms with Gasteiger partial charge >= 0.3 is 0 Å². The van der Waals surface area contributed by atoms with Crippen LogP contribution in [0.3, 0.4) is 0 Å². The summed E-state index contributed by atoms with van der Waals surface area (Å²) in [7, 11) is 0. The standard InChI is InChI=1S/C19H11Br2ClN2O2/c20-12-9-13(21)18(26-19(25)10-5-7-11(22)8-6-10)17-16(12)23-14-3-1-2-4-15(14)24-17/h1-9,19,25H. The molecule has 130 valence electrons. The van der Waals surface area contributed by atoms with Crippen molar-refractivity contribution < 1.29 is 9.84 Å². The van der Waals surface area contributed by atoms with Crippen LogP contribution >= 0.6 is 43.5 Å². The number of aliphatic hydroxyl groups is 1. The highest BCUT2D eigenvalue weighted by atomic mass is 79.9. The summed E-state index contributed by atoms with van der Waals surface area (Å²) in [6, 6.07) is 16.3. The number of fused-ring (bicyclic) bond motifs is 2. The number of hydrogen-bond donors (Lipinski definition) is 1. The summed E-state index contributed by atoms with van der Waals surface area (Å²) < 4.78 is 7.28. The molecule has 0 radical (unpaired) electrons. The lowest BCUT2D eigenvalue weighted by Crippen LogP contribution is -2.07. The number of ether oxygens (including phenoxy) is 1. The highest BCUT2D eigenvalue weighted by Crippen LogP contribution is 2.39. The number of benzene rings is 3. The van der Waals surface area contributed by atoms with E-state index in [2.05, 4.69) is 41.8 Å². The molecule has 4 nitrogen and oxygen atoms in total. The number of hydrogen-bond acceptors (Lipinski definition) is 4. The van der Waals surface area contributed by atoms with Crippen molar-refractivity contribution in [3.8, 4) is 5.75 Å². The van der Waals surface area contributed by atoms with Gasteiger partial charge in [-0.15, -0.1) is 0 Å². The van der Waals surface area contributed by atoms with E-state index < -0.39 is 6.29 Å². The molecule has 1 heterocycles. The molecule has 0 aliphatic rings. The average molecular weight is 495 g/mol. The van der Waals surface area contributed by atoms with E-state index in [0.717, 1.165) is 15.5 Å². The van der Waals surface area contributed by atoms with Gasteiger partial charge < -0.3 is 9.84 Å². The van der Waals surface area contributed by atoms with Crippen molar-refractivity contribution in [1.82, 2.24) is 9.97 Å². The monoisotopic (exact) mass is 492 g/mol. The van der Waals surface area contributed by atoms with Crippen LogP contribution in [0, 0.1) is 0 Å². The number of aliphatic hydroxyl groups excluding tert-OH is 1. The predicted molar refractivity (Wildman–Crippen MR) is 109 cm³/mol. The third-order valence-corrected chi connectivity index (χ3v) is 5.31. The van der Waals surface area contributed by atoms with Crippen LogP contribution in [0.5, 0.6) is 5.75 Å². The highest BCUT2D eigenvalue weighted by Gasteiger charge is 2.18. The normalized spacial score (nSPS) is 12.5. The Labute approximate surface area is 171 Å². The summed E-state index contributed by atoms with van der Waals surface area (Å²) in [4.78, 5) is 9.34. The zero-order valence-corrected chi connectivity index (χ0v) is 17.1. The van der Waals surface area contributed by atoms with Gasteiger partial charge in [0.15, 0.2) is 5.75 Å². The van der Waals surface area contributed by atoms with Gasteiger partial charge in [0, 0.05) is 15.1 Å². The molecule has 0 bridgehead atoms. The first kappa shape index (κ1) is 17.7. The number of nitrogens with zero attached hydrogens (tertiary/aromatic N) is 2. The summed E-state index contributed by atoms with van der Waals surface area (Å²) >= 11 is 12.9. The third-order valence-electron chi connectivity index (χ3n) is 3.87. The molecular weight excluding hydrogens is 483 g/mol. The molecule has 1 atom stereocenters. The second-order valence-electron chi connectivity index (χ2n) is 5.60. The fourth-order valence-corrected chi connectivity index (χ4v) is 4.05. The lowest BCUT2D eigenvalue weighted by molar-refractivity contribution is -0.0189. The largest absolute Gasteiger partial charge is 0.457 e. The zero-order valence-electron chi connectivity index (χ0n) is 13.2. The summed E-state index contributed by atoms with van der Waals surface area (Å²) in [5, 5.41) is 11.1. The maximum atomic E-state index is 10.5. The Balaban J connectivity index is 1.85. The van der Waals surface area contributed by atoms with Crippen molar-refractivity contribution in [3.05, 3.63) is 74.1 Å². The van der Waals surface area contributed by atoms with Crippen molar-refractivity contribution in [3.63, 3.8) is 0 Å². The van der Waals surface area contributed by atoms with E-state index in [1.54, 1.807) is 24.3 Å². The van der Waals surface area contributed by atoms with Crippen LogP contribution in [-0.2, 0) is 0 Å². The maximum absolute atomic E-state index is 10.5. The lowest BCUT2D eigenvalue weighted by Gasteiger charge is -2.17. The van der Waals surface area contributed by atoms with Gasteiger partial charge in [0.05, 0.1) is 15.5 Å². The second-order valence-corrected chi connectivity index (χ2v) is 7.75. The molecule has 26 heavy (non-hydrogen) atoms. The zero-order chi connectivity index (χ0) is 18.3. The number of halogens is 3. The molecule has 0 amide bonds. The van der Waals surface area contributed by atoms with Crippen LogP contribution in [0.4, 0.5) is 0 Å². The van der Waals surface area contributed by atoms with E-state index in [0.29, 0.717) is 31.8 Å². The molecule has 0 aliphatic heterocycles. The smallest absolute Gasteiger partial charge is 0.224 e. The van der Waals surface area contributed by atoms with Gasteiger partial charge in [-0.3, -0.25) is 0 Å². The minimum atomic E-state index is -1.17. The molecule has 3 aromatic carbocycles. The molecule has 4 aromatic rings. The van der Waals surface area contributed by atoms with Crippen molar-refractivity contribution in [2.24, 2.45) is 0 Å². The van der Waals surface area contributed by atoms with E-state index >= 15 is 0 Å². The van der Waals surface area contributed by atoms with E-state index in [-0.39, 0.29) is 0 Å². The number of aromatic nitrogens is 2. The molecule has 0 saturated carbocycles. The quantitative estimate of drug-likeness (QED) is 0.279. The second kappa shape index (κ2) is 7.12. The molecule has 0 saturated heterocycles. The van der Waals surface area contributed by atoms with Crippen molar-refractivity contribution >= 4 is 65.5 Å². The summed E-state index contributed by atoms with van der Waals surface area (Å²) in [5.74, 6) is 0.420. The van der Waals surface area contributed by atoms with Gasteiger partial charge in [-0.1, -0.05) is 35.9 Å². The van der Waals surface area contributed by atoms with Gasteiger partial charge in [0.2, 0.25) is 6.29 Å². The summed E-state index contributed by atoms with van der Waals surface area (Å²) in [5.41, 5.74) is 3.33. The molecule has 1 N–H and O–H groups in total. The van der Waals surface area contributed by atoms with Crippen LogP contribution in [0.1, 0.15) is 11.9 Å². The van der Waals surface area contributed by atoms with Crippen molar-refractivity contribution in [1.29, 1.82) is 0 Å². The Hall–Kier alpha value is -1.73. The predicted octanol–water partition coefficient (Wildman–Crippen LogP) is 6.03. The van der Waals surface area contributed by atoms with Crippen LogP contribution in [0.15, 0.2) is 63.5 Å². The van der Waals surface area contributed by atoms with Crippen molar-refractivity contribution in [2.75, 3.05) is 0 Å². The molecule has 0 aliphatic carbocycles. The molecular formula is C19H11Br2ClN2O2. The minimum absolute atomic E-state index is 0.420. The van der Waals surface area contributed by atoms with Gasteiger partial charge in [0.25, 0.3) is 0 Å². The molecule has 7 heteroatoms. The Morgan fingerprint density at radius 1 is 0.885 bits per heavy atom. The SMILES string of the molecule is OC(Oc1c(Br)cc(Br)c2nc3ccccc3nc12)c1ccc(Cl)cc1. The fraction of sp³-hybridized carbons (Fsp3) is 0.0526. The van der Waals surface area contributed by atoms with Crippen LogP contribution in [0.25, 0.3) is 22.1 Å². The van der Waals surface area contributed by atoms with Gasteiger partial charge in [0.1, 0.15) is 11.0 Å². The summed E-state index contributed by atoms with van der Waals surface area (Å²) in [6.45, 7) is 0. The topological polar surface area (TPSA) is 55.2 Å². The molecule has 0 fully saturated rings. The van der Waals surface area contributed by atoms with E-state index in [1.165, 1.54) is 0 Å². The average Bonchev–Trinajstić information content (AvgIpc) is 2.64. The Morgan fingerprint density at radius 2 is 1.50 bits per heavy atom. The molecule has 4 rings (SSSR count). The fourth-order valence-electron chi connectivity index (χ4n) is 2.60. The molecule has 0 spiro atoms. The Morgan fingerprint density at radius 3 is 2.15 bits per heavy atom. The highest BCUT2D eigenvalue weighted by molar-refractivity contribution is 9.11. The van der Waals surface area contributed by atoms with E-state index in [1.807, 2.05) is 30.3 Å². The molecule has 1 aromatic heterocycles. The minimum Gasteiger partial charge on any atom is -0.457 e. The third kappa shape index (κ3) is 3.30. The number of para-hydroxylation sites is 2. The van der Waals surface area contributed by atoms with Crippen LogP contribution < -0.4 is 4.74 Å². The first-order valence-corrected chi connectivity index (χ1v) is 9.64. The Bertz CT molecular complexity index is 1120. The lowest BCUT2D eigenvalue weighted by atomic mass is 10.2. The summed E-state index contributed by atoms with van der Waals surface area (Å²) in [6.07, 6.45) is -1.17. The molecule has 1 unspecified atom stereocenters. The van der Waals surface area contributed by atoms with Gasteiger partial charge in [-0.25, -0.2) is 9.97 Å².